The minimum atomic E-state index is -4.44. The number of phosphoric ester groups is 1. The van der Waals surface area contributed by atoms with Crippen molar-refractivity contribution in [3.63, 3.8) is 0 Å². The molecule has 0 rings (SSSR count). The molecule has 0 aromatic carbocycles. The highest BCUT2D eigenvalue weighted by atomic mass is 31.2. The Labute approximate surface area is 499 Å². The quantitative estimate of drug-likeness (QED) is 0.0205. The Morgan fingerprint density at radius 2 is 0.713 bits per heavy atom. The van der Waals surface area contributed by atoms with Gasteiger partial charge in [0.15, 0.2) is 0 Å². The molecule has 80 heavy (non-hydrogen) atoms. The van der Waals surface area contributed by atoms with Gasteiger partial charge in [0.25, 0.3) is 0 Å². The van der Waals surface area contributed by atoms with Crippen molar-refractivity contribution in [2.75, 3.05) is 40.9 Å². The molecule has 0 fully saturated rings. The third-order valence-corrected chi connectivity index (χ3v) is 17.5. The van der Waals surface area contributed by atoms with Gasteiger partial charge >= 0.3 is 13.8 Å². The molecule has 9 nitrogen and oxygen atoms in total. The number of hydrogen-bond acceptors (Lipinski definition) is 6. The number of nitrogens with zero attached hydrogens (tertiary/aromatic N) is 1. The molecule has 0 heterocycles. The fraction of sp³-hybridized carbons (Fsp3) is 0.943. The van der Waals surface area contributed by atoms with Gasteiger partial charge in [0, 0.05) is 12.8 Å². The summed E-state index contributed by atoms with van der Waals surface area (Å²) in [4.78, 5) is 37.8. The highest BCUT2D eigenvalue weighted by Gasteiger charge is 2.30. The molecule has 0 aliphatic carbocycles. The maximum atomic E-state index is 13.6. The van der Waals surface area contributed by atoms with Crippen molar-refractivity contribution >= 4 is 19.7 Å². The van der Waals surface area contributed by atoms with Gasteiger partial charge in [0.05, 0.1) is 33.8 Å². The van der Waals surface area contributed by atoms with E-state index in [9.17, 15) is 19.0 Å². The lowest BCUT2D eigenvalue weighted by molar-refractivity contribution is -0.870. The zero-order chi connectivity index (χ0) is 58.6. The Kier molecular flexibility index (Phi) is 59.9. The first-order valence-electron chi connectivity index (χ1n) is 35.5. The predicted octanol–water partition coefficient (Wildman–Crippen LogP) is 22.3. The number of quaternary nitrogens is 1. The molecule has 1 amide bonds. The first-order chi connectivity index (χ1) is 38.9. The van der Waals surface area contributed by atoms with Gasteiger partial charge in [-0.15, -0.1) is 0 Å². The Balaban J connectivity index is 4.99. The van der Waals surface area contributed by atoms with Crippen molar-refractivity contribution in [3.05, 3.63) is 12.2 Å². The summed E-state index contributed by atoms with van der Waals surface area (Å²) in [7, 11) is 1.52. The summed E-state index contributed by atoms with van der Waals surface area (Å²) in [6.45, 7) is 7.09. The summed E-state index contributed by atoms with van der Waals surface area (Å²) in [6, 6.07) is -0.840. The van der Waals surface area contributed by atoms with Gasteiger partial charge in [-0.25, -0.2) is 4.57 Å². The summed E-state index contributed by atoms with van der Waals surface area (Å²) < 4.78 is 30.8. The maximum Gasteiger partial charge on any atom is 0.472 e. The lowest BCUT2D eigenvalue weighted by atomic mass is 10.0. The van der Waals surface area contributed by atoms with Crippen LogP contribution in [0.1, 0.15) is 374 Å². The number of unbranched alkanes of at least 4 members (excludes halogenated alkanes) is 50. The van der Waals surface area contributed by atoms with Gasteiger partial charge in [-0.2, -0.15) is 0 Å². The van der Waals surface area contributed by atoms with Crippen LogP contribution in [0.15, 0.2) is 12.2 Å². The van der Waals surface area contributed by atoms with E-state index < -0.39 is 20.0 Å². The molecule has 3 atom stereocenters. The van der Waals surface area contributed by atoms with E-state index >= 15 is 0 Å². The Morgan fingerprint density at radius 1 is 0.425 bits per heavy atom. The minimum absolute atomic E-state index is 0.0460. The Morgan fingerprint density at radius 3 is 1.02 bits per heavy atom. The van der Waals surface area contributed by atoms with Gasteiger partial charge < -0.3 is 19.4 Å². The van der Waals surface area contributed by atoms with Crippen LogP contribution in [-0.4, -0.2) is 74.3 Å². The molecule has 0 spiro atoms. The normalized spacial score (nSPS) is 13.5. The van der Waals surface area contributed by atoms with Gasteiger partial charge in [-0.1, -0.05) is 341 Å². The van der Waals surface area contributed by atoms with Crippen LogP contribution in [0.5, 0.6) is 0 Å². The summed E-state index contributed by atoms with van der Waals surface area (Å²) in [5.74, 6) is -0.478. The zero-order valence-electron chi connectivity index (χ0n) is 54.6. The number of phosphoric acid groups is 1. The molecule has 0 radical (unpaired) electrons. The first kappa shape index (κ1) is 78.8. The maximum absolute atomic E-state index is 13.6. The molecule has 3 unspecified atom stereocenters. The minimum Gasteiger partial charge on any atom is -0.456 e. The molecular weight excluding hydrogens is 1010 g/mol. The average molecular weight is 1150 g/mol. The highest BCUT2D eigenvalue weighted by molar-refractivity contribution is 7.47. The summed E-state index contributed by atoms with van der Waals surface area (Å²) >= 11 is 0. The van der Waals surface area contributed by atoms with E-state index in [1.807, 2.05) is 27.2 Å². The van der Waals surface area contributed by atoms with Crippen LogP contribution in [0.2, 0.25) is 0 Å². The molecule has 0 saturated carbocycles. The Hall–Kier alpha value is -1.25. The molecule has 0 aliphatic rings. The van der Waals surface area contributed by atoms with Crippen LogP contribution in [0.25, 0.3) is 0 Å². The van der Waals surface area contributed by atoms with Crippen molar-refractivity contribution in [1.29, 1.82) is 0 Å². The van der Waals surface area contributed by atoms with Crippen molar-refractivity contribution in [3.8, 4) is 0 Å². The number of hydrogen-bond donors (Lipinski definition) is 2. The third-order valence-electron chi connectivity index (χ3n) is 16.5. The molecular formula is C70H140N2O7P+. The van der Waals surface area contributed by atoms with Crippen molar-refractivity contribution in [2.24, 2.45) is 0 Å². The average Bonchev–Trinajstić information content (AvgIpc) is 3.42. The number of nitrogens with one attached hydrogen (secondary N) is 1. The molecule has 0 aromatic heterocycles. The molecule has 10 heteroatoms. The second-order valence-corrected chi connectivity index (χ2v) is 27.2. The number of carbonyl (C=O) groups is 2. The smallest absolute Gasteiger partial charge is 0.456 e. The van der Waals surface area contributed by atoms with Gasteiger partial charge in [0.1, 0.15) is 19.3 Å². The lowest BCUT2D eigenvalue weighted by Crippen LogP contribution is -2.47. The molecule has 0 bridgehead atoms. The number of ether oxygens (including phenoxy) is 1. The van der Waals surface area contributed by atoms with E-state index in [-0.39, 0.29) is 25.1 Å². The number of rotatable bonds is 66. The van der Waals surface area contributed by atoms with Crippen molar-refractivity contribution in [2.45, 2.75) is 386 Å². The van der Waals surface area contributed by atoms with E-state index in [1.165, 1.54) is 283 Å². The topological polar surface area (TPSA) is 111 Å². The number of esters is 1. The van der Waals surface area contributed by atoms with Crippen LogP contribution in [-0.2, 0) is 27.9 Å². The standard InChI is InChI=1S/C70H139N2O7P/c1-7-10-13-16-19-22-25-28-30-32-33-34-35-36-37-38-39-41-43-45-48-51-54-57-60-63-70(74)79-68(61-58-55-52-49-46-27-24-21-18-15-12-9-3)67(66-78-80(75,76)77-65-64-72(4,5)6)71-69(73)62-59-56-53-50-47-44-42-40-31-29-26-23-20-17-14-11-8-2/h58,61,67-68H,7-57,59-60,62-66H2,1-6H3,(H-,71,73,75,76)/p+1/b61-58-. The molecule has 0 saturated heterocycles. The fourth-order valence-electron chi connectivity index (χ4n) is 11.0. The summed E-state index contributed by atoms with van der Waals surface area (Å²) in [6.07, 6.45) is 72.3. The van der Waals surface area contributed by atoms with Crippen LogP contribution in [0.3, 0.4) is 0 Å². The lowest BCUT2D eigenvalue weighted by Gasteiger charge is -2.27. The van der Waals surface area contributed by atoms with Crippen LogP contribution >= 0.6 is 7.82 Å². The second-order valence-electron chi connectivity index (χ2n) is 25.8. The van der Waals surface area contributed by atoms with Gasteiger partial charge in [0.2, 0.25) is 5.91 Å². The fourth-order valence-corrected chi connectivity index (χ4v) is 11.7. The second kappa shape index (κ2) is 60.9. The number of likely N-dealkylation sites (N-methyl/N-ethyl adjacent to an activating group) is 1. The van der Waals surface area contributed by atoms with Gasteiger partial charge in [-0.05, 0) is 31.8 Å². The number of allylic oxidation sites excluding steroid dienone is 1. The number of amides is 1. The predicted molar refractivity (Wildman–Crippen MR) is 347 cm³/mol. The molecule has 476 valence electrons. The van der Waals surface area contributed by atoms with Crippen LogP contribution in [0, 0.1) is 0 Å². The highest BCUT2D eigenvalue weighted by Crippen LogP contribution is 2.43. The van der Waals surface area contributed by atoms with E-state index in [1.54, 1.807) is 0 Å². The van der Waals surface area contributed by atoms with Crippen molar-refractivity contribution < 1.29 is 37.3 Å². The first-order valence-corrected chi connectivity index (χ1v) is 37.0. The van der Waals surface area contributed by atoms with E-state index in [0.29, 0.717) is 23.9 Å². The summed E-state index contributed by atoms with van der Waals surface area (Å²) in [5, 5.41) is 3.08. The van der Waals surface area contributed by atoms with Crippen LogP contribution < -0.4 is 5.32 Å². The zero-order valence-corrected chi connectivity index (χ0v) is 55.5. The Bertz CT molecular complexity index is 1370. The monoisotopic (exact) mass is 1150 g/mol. The largest absolute Gasteiger partial charge is 0.472 e. The van der Waals surface area contributed by atoms with E-state index in [2.05, 4.69) is 32.2 Å². The number of carbonyl (C=O) groups excluding carboxylic acids is 2. The van der Waals surface area contributed by atoms with Crippen LogP contribution in [0.4, 0.5) is 0 Å². The third kappa shape index (κ3) is 61.3. The van der Waals surface area contributed by atoms with Gasteiger partial charge in [-0.3, -0.25) is 18.6 Å². The molecule has 0 aromatic rings. The summed E-state index contributed by atoms with van der Waals surface area (Å²) in [5.41, 5.74) is 0. The van der Waals surface area contributed by atoms with E-state index in [4.69, 9.17) is 13.8 Å². The van der Waals surface area contributed by atoms with E-state index in [0.717, 1.165) is 57.8 Å². The van der Waals surface area contributed by atoms with Crippen molar-refractivity contribution in [1.82, 2.24) is 5.32 Å². The molecule has 2 N–H and O–H groups in total. The SMILES string of the molecule is CCCCCCCCCCCC/C=C\C(OC(=O)CCCCCCCCCCCCCCCCCCCCCCCCCCC)C(COP(=O)(O)OCC[N+](C)(C)C)NC(=O)CCCCCCCCCCCCCCCCCCC. The molecule has 0 aliphatic heterocycles.